The number of benzene rings is 1. The van der Waals surface area contributed by atoms with Gasteiger partial charge in [-0.1, -0.05) is 29.8 Å². The third-order valence-corrected chi connectivity index (χ3v) is 2.46. The zero-order valence-corrected chi connectivity index (χ0v) is 9.78. The molecule has 1 N–H and O–H groups in total. The van der Waals surface area contributed by atoms with Crippen molar-refractivity contribution in [1.29, 1.82) is 0 Å². The SMILES string of the molecule is CCNCc1cnnn1-c1cccc(Cl)c1. The van der Waals surface area contributed by atoms with Crippen molar-refractivity contribution in [3.63, 3.8) is 0 Å². The van der Waals surface area contributed by atoms with Crippen molar-refractivity contribution in [3.05, 3.63) is 41.2 Å². The topological polar surface area (TPSA) is 42.7 Å². The molecule has 0 fully saturated rings. The van der Waals surface area contributed by atoms with Crippen LogP contribution in [-0.4, -0.2) is 21.5 Å². The molecule has 0 unspecified atom stereocenters. The largest absolute Gasteiger partial charge is 0.311 e. The number of aromatic nitrogens is 3. The molecule has 0 atom stereocenters. The van der Waals surface area contributed by atoms with E-state index in [0.717, 1.165) is 24.5 Å². The molecular formula is C11H13ClN4. The van der Waals surface area contributed by atoms with E-state index in [-0.39, 0.29) is 0 Å². The molecule has 0 radical (unpaired) electrons. The molecule has 16 heavy (non-hydrogen) atoms. The van der Waals surface area contributed by atoms with Gasteiger partial charge in [0, 0.05) is 11.6 Å². The van der Waals surface area contributed by atoms with Crippen LogP contribution in [0.2, 0.25) is 5.02 Å². The van der Waals surface area contributed by atoms with Crippen molar-refractivity contribution in [2.75, 3.05) is 6.54 Å². The van der Waals surface area contributed by atoms with Gasteiger partial charge >= 0.3 is 0 Å². The van der Waals surface area contributed by atoms with Crippen molar-refractivity contribution in [1.82, 2.24) is 20.3 Å². The standard InChI is InChI=1S/C11H13ClN4/c1-2-13-7-11-8-14-15-16(11)10-5-3-4-9(12)6-10/h3-6,8,13H,2,7H2,1H3. The fourth-order valence-corrected chi connectivity index (χ4v) is 1.64. The van der Waals surface area contributed by atoms with E-state index >= 15 is 0 Å². The van der Waals surface area contributed by atoms with Gasteiger partial charge in [-0.15, -0.1) is 5.10 Å². The van der Waals surface area contributed by atoms with Crippen LogP contribution in [0.5, 0.6) is 0 Å². The monoisotopic (exact) mass is 236 g/mol. The van der Waals surface area contributed by atoms with Gasteiger partial charge in [0.2, 0.25) is 0 Å². The zero-order valence-electron chi connectivity index (χ0n) is 9.02. The molecule has 0 aliphatic heterocycles. The minimum absolute atomic E-state index is 0.697. The Morgan fingerprint density at radius 1 is 1.44 bits per heavy atom. The first-order valence-corrected chi connectivity index (χ1v) is 5.55. The van der Waals surface area contributed by atoms with Gasteiger partial charge in [0.1, 0.15) is 0 Å². The second-order valence-electron chi connectivity index (χ2n) is 3.40. The van der Waals surface area contributed by atoms with Gasteiger partial charge in [0.15, 0.2) is 0 Å². The van der Waals surface area contributed by atoms with Crippen LogP contribution in [0, 0.1) is 0 Å². The number of rotatable bonds is 4. The van der Waals surface area contributed by atoms with Crippen LogP contribution in [0.3, 0.4) is 0 Å². The number of halogens is 1. The van der Waals surface area contributed by atoms with Crippen LogP contribution in [0.4, 0.5) is 0 Å². The predicted octanol–water partition coefficient (Wildman–Crippen LogP) is 2.03. The lowest BCUT2D eigenvalue weighted by Gasteiger charge is -2.06. The lowest BCUT2D eigenvalue weighted by Crippen LogP contribution is -2.15. The maximum absolute atomic E-state index is 5.94. The van der Waals surface area contributed by atoms with Gasteiger partial charge < -0.3 is 5.32 Å². The van der Waals surface area contributed by atoms with E-state index < -0.39 is 0 Å². The maximum Gasteiger partial charge on any atom is 0.0783 e. The molecule has 0 bridgehead atoms. The number of hydrogen-bond donors (Lipinski definition) is 1. The summed E-state index contributed by atoms with van der Waals surface area (Å²) < 4.78 is 1.79. The summed E-state index contributed by atoms with van der Waals surface area (Å²) in [6.45, 7) is 3.73. The third kappa shape index (κ3) is 2.40. The van der Waals surface area contributed by atoms with E-state index in [1.54, 1.807) is 10.9 Å². The quantitative estimate of drug-likeness (QED) is 0.884. The van der Waals surface area contributed by atoms with Crippen LogP contribution in [0.1, 0.15) is 12.6 Å². The lowest BCUT2D eigenvalue weighted by molar-refractivity contribution is 0.672. The average Bonchev–Trinajstić information content (AvgIpc) is 2.74. The van der Waals surface area contributed by atoms with Crippen LogP contribution in [0.25, 0.3) is 5.69 Å². The average molecular weight is 237 g/mol. The molecular weight excluding hydrogens is 224 g/mol. The Morgan fingerprint density at radius 2 is 2.31 bits per heavy atom. The third-order valence-electron chi connectivity index (χ3n) is 2.23. The van der Waals surface area contributed by atoms with Crippen LogP contribution in [0.15, 0.2) is 30.5 Å². The van der Waals surface area contributed by atoms with Gasteiger partial charge in [-0.05, 0) is 24.7 Å². The molecule has 84 valence electrons. The highest BCUT2D eigenvalue weighted by Gasteiger charge is 2.05. The number of hydrogen-bond acceptors (Lipinski definition) is 3. The Kier molecular flexibility index (Phi) is 3.54. The second kappa shape index (κ2) is 5.09. The van der Waals surface area contributed by atoms with E-state index in [1.807, 2.05) is 24.3 Å². The van der Waals surface area contributed by atoms with Gasteiger partial charge in [-0.3, -0.25) is 0 Å². The van der Waals surface area contributed by atoms with Crippen LogP contribution in [-0.2, 0) is 6.54 Å². The normalized spacial score (nSPS) is 10.6. The van der Waals surface area contributed by atoms with Crippen LogP contribution < -0.4 is 5.32 Å². The summed E-state index contributed by atoms with van der Waals surface area (Å²) >= 11 is 5.94. The smallest absolute Gasteiger partial charge is 0.0783 e. The molecule has 0 aliphatic rings. The lowest BCUT2D eigenvalue weighted by atomic mass is 10.3. The van der Waals surface area contributed by atoms with Crippen molar-refractivity contribution in [2.45, 2.75) is 13.5 Å². The first-order chi connectivity index (χ1) is 7.81. The van der Waals surface area contributed by atoms with E-state index in [9.17, 15) is 0 Å². The van der Waals surface area contributed by atoms with Crippen LogP contribution >= 0.6 is 11.6 Å². The second-order valence-corrected chi connectivity index (χ2v) is 3.83. The highest BCUT2D eigenvalue weighted by molar-refractivity contribution is 6.30. The van der Waals surface area contributed by atoms with Gasteiger partial charge in [0.25, 0.3) is 0 Å². The summed E-state index contributed by atoms with van der Waals surface area (Å²) in [6.07, 6.45) is 1.75. The minimum Gasteiger partial charge on any atom is -0.311 e. The number of nitrogens with zero attached hydrogens (tertiary/aromatic N) is 3. The Labute approximate surface area is 99.2 Å². The molecule has 5 heteroatoms. The van der Waals surface area contributed by atoms with Crippen molar-refractivity contribution >= 4 is 11.6 Å². The molecule has 1 aromatic heterocycles. The molecule has 0 spiro atoms. The van der Waals surface area contributed by atoms with Crippen molar-refractivity contribution < 1.29 is 0 Å². The summed E-state index contributed by atoms with van der Waals surface area (Å²) in [5.41, 5.74) is 1.95. The van der Waals surface area contributed by atoms with Gasteiger partial charge in [-0.2, -0.15) is 0 Å². The zero-order chi connectivity index (χ0) is 11.4. The Morgan fingerprint density at radius 3 is 3.06 bits per heavy atom. The maximum atomic E-state index is 5.94. The predicted molar refractivity (Wildman–Crippen MR) is 63.7 cm³/mol. The molecule has 2 rings (SSSR count). The summed E-state index contributed by atoms with van der Waals surface area (Å²) in [6, 6.07) is 7.56. The molecule has 0 saturated carbocycles. The van der Waals surface area contributed by atoms with Gasteiger partial charge in [-0.25, -0.2) is 4.68 Å². The molecule has 1 heterocycles. The summed E-state index contributed by atoms with van der Waals surface area (Å²) in [5, 5.41) is 11.9. The van der Waals surface area contributed by atoms with E-state index in [4.69, 9.17) is 11.6 Å². The molecule has 1 aromatic carbocycles. The molecule has 0 aliphatic carbocycles. The number of nitrogens with one attached hydrogen (secondary N) is 1. The van der Waals surface area contributed by atoms with Gasteiger partial charge in [0.05, 0.1) is 17.6 Å². The Hall–Kier alpha value is -1.39. The molecule has 4 nitrogen and oxygen atoms in total. The fraction of sp³-hybridized carbons (Fsp3) is 0.273. The fourth-order valence-electron chi connectivity index (χ4n) is 1.46. The van der Waals surface area contributed by atoms with Crippen molar-refractivity contribution in [2.24, 2.45) is 0 Å². The highest BCUT2D eigenvalue weighted by Crippen LogP contribution is 2.15. The minimum atomic E-state index is 0.697. The molecule has 2 aromatic rings. The van der Waals surface area contributed by atoms with Crippen molar-refractivity contribution in [3.8, 4) is 5.69 Å². The summed E-state index contributed by atoms with van der Waals surface area (Å²) in [4.78, 5) is 0. The highest BCUT2D eigenvalue weighted by atomic mass is 35.5. The molecule has 0 amide bonds. The van der Waals surface area contributed by atoms with E-state index in [1.165, 1.54) is 0 Å². The van der Waals surface area contributed by atoms with E-state index in [2.05, 4.69) is 22.6 Å². The first kappa shape index (κ1) is 11.1. The van der Waals surface area contributed by atoms with E-state index in [0.29, 0.717) is 5.02 Å². The first-order valence-electron chi connectivity index (χ1n) is 5.17. The Balaban J connectivity index is 2.29. The molecule has 0 saturated heterocycles. The summed E-state index contributed by atoms with van der Waals surface area (Å²) in [7, 11) is 0. The summed E-state index contributed by atoms with van der Waals surface area (Å²) in [5.74, 6) is 0. The Bertz CT molecular complexity index is 467.